The number of hydrogen-bond acceptors (Lipinski definition) is 2. The molecule has 3 nitrogen and oxygen atoms in total. The summed E-state index contributed by atoms with van der Waals surface area (Å²) in [5.41, 5.74) is -0.0348. The minimum absolute atomic E-state index is 0.0139. The molecule has 0 bridgehead atoms. The maximum atomic E-state index is 13.0. The van der Waals surface area contributed by atoms with Crippen molar-refractivity contribution < 1.29 is 4.39 Å². The molecule has 1 heterocycles. The lowest BCUT2D eigenvalue weighted by atomic mass is 10.2. The lowest BCUT2D eigenvalue weighted by molar-refractivity contribution is 0.737. The van der Waals surface area contributed by atoms with Crippen LogP contribution in [0.25, 0.3) is 5.83 Å². The zero-order chi connectivity index (χ0) is 12.7. The highest BCUT2D eigenvalue weighted by molar-refractivity contribution is 5.59. The first-order valence-electron chi connectivity index (χ1n) is 5.26. The van der Waals surface area contributed by atoms with Gasteiger partial charge in [0.2, 0.25) is 0 Å². The number of aryl methyl sites for hydroxylation is 1. The lowest BCUT2D eigenvalue weighted by Crippen LogP contribution is -2.13. The fraction of sp³-hybridized carbons (Fsp3) is 0.500. The van der Waals surface area contributed by atoms with Gasteiger partial charge in [-0.1, -0.05) is 26.8 Å². The first-order chi connectivity index (χ1) is 7.40. The molecule has 0 fully saturated rings. The molecule has 0 spiro atoms. The van der Waals surface area contributed by atoms with Crippen molar-refractivity contribution in [3.05, 3.63) is 34.0 Å². The first kappa shape index (κ1) is 14.6. The van der Waals surface area contributed by atoms with E-state index in [9.17, 15) is 9.18 Å². The molecule has 4 heteroatoms. The van der Waals surface area contributed by atoms with Crippen LogP contribution in [0.15, 0.2) is 17.2 Å². The van der Waals surface area contributed by atoms with Gasteiger partial charge in [-0.15, -0.1) is 0 Å². The van der Waals surface area contributed by atoms with Gasteiger partial charge < -0.3 is 4.98 Å². The van der Waals surface area contributed by atoms with Crippen molar-refractivity contribution in [3.63, 3.8) is 0 Å². The van der Waals surface area contributed by atoms with E-state index in [2.05, 4.69) is 30.7 Å². The van der Waals surface area contributed by atoms with Crippen LogP contribution in [0.3, 0.4) is 0 Å². The van der Waals surface area contributed by atoms with Crippen molar-refractivity contribution in [1.82, 2.24) is 9.97 Å². The Bertz CT molecular complexity index is 405. The highest BCUT2D eigenvalue weighted by Gasteiger charge is 2.08. The third-order valence-electron chi connectivity index (χ3n) is 1.53. The number of allylic oxidation sites excluding steroid dienone is 1. The number of hydrogen-bond donors (Lipinski definition) is 1. The standard InChI is InChI=1S/C8H9FN2O.C4H10/c1-3-6(9)7-5(2)10-4-11-8(7)12;1-4(2)3/h3-4H,1-2H3,(H,10,11,12);4H,1-3H3/b6-3+;. The normalized spacial score (nSPS) is 11.1. The summed E-state index contributed by atoms with van der Waals surface area (Å²) in [5, 5.41) is 0. The molecule has 0 atom stereocenters. The van der Waals surface area contributed by atoms with Gasteiger partial charge in [0.25, 0.3) is 5.56 Å². The molecule has 0 aromatic carbocycles. The Kier molecular flexibility index (Phi) is 6.30. The largest absolute Gasteiger partial charge is 0.313 e. The summed E-state index contributed by atoms with van der Waals surface area (Å²) < 4.78 is 13.0. The van der Waals surface area contributed by atoms with Gasteiger partial charge in [-0.2, -0.15) is 0 Å². The molecule has 0 aliphatic heterocycles. The van der Waals surface area contributed by atoms with E-state index in [0.29, 0.717) is 5.69 Å². The number of nitrogens with zero attached hydrogens (tertiary/aromatic N) is 1. The Morgan fingerprint density at radius 1 is 1.50 bits per heavy atom. The number of H-pyrrole nitrogens is 1. The van der Waals surface area contributed by atoms with Crippen LogP contribution in [0, 0.1) is 12.8 Å². The minimum Gasteiger partial charge on any atom is -0.313 e. The molecule has 1 rings (SSSR count). The number of aromatic amines is 1. The first-order valence-corrected chi connectivity index (χ1v) is 5.26. The highest BCUT2D eigenvalue weighted by Crippen LogP contribution is 2.12. The smallest absolute Gasteiger partial charge is 0.261 e. The van der Waals surface area contributed by atoms with Gasteiger partial charge in [-0.25, -0.2) is 9.37 Å². The van der Waals surface area contributed by atoms with Crippen LogP contribution in [0.5, 0.6) is 0 Å². The topological polar surface area (TPSA) is 45.8 Å². The number of nitrogens with one attached hydrogen (secondary N) is 1. The van der Waals surface area contributed by atoms with Crippen molar-refractivity contribution in [3.8, 4) is 0 Å². The summed E-state index contributed by atoms with van der Waals surface area (Å²) in [6, 6.07) is 0. The molecule has 1 aromatic heterocycles. The number of rotatable bonds is 1. The Morgan fingerprint density at radius 3 is 2.38 bits per heavy atom. The van der Waals surface area contributed by atoms with Crippen molar-refractivity contribution in [2.75, 3.05) is 0 Å². The SMILES string of the molecule is C/C=C(/F)c1c(C)nc[nH]c1=O.CC(C)C. The van der Waals surface area contributed by atoms with Crippen molar-refractivity contribution >= 4 is 5.83 Å². The summed E-state index contributed by atoms with van der Waals surface area (Å²) >= 11 is 0. The monoisotopic (exact) mass is 226 g/mol. The Morgan fingerprint density at radius 2 is 2.00 bits per heavy atom. The van der Waals surface area contributed by atoms with Crippen LogP contribution in [-0.4, -0.2) is 9.97 Å². The van der Waals surface area contributed by atoms with E-state index >= 15 is 0 Å². The molecule has 90 valence electrons. The molecule has 0 saturated heterocycles. The molecule has 0 aliphatic carbocycles. The molecule has 0 amide bonds. The number of halogens is 1. The second kappa shape index (κ2) is 6.93. The second-order valence-electron chi connectivity index (χ2n) is 4.06. The average Bonchev–Trinajstić information content (AvgIpc) is 2.16. The zero-order valence-electron chi connectivity index (χ0n) is 10.5. The summed E-state index contributed by atoms with van der Waals surface area (Å²) in [6.45, 7) is 9.62. The van der Waals surface area contributed by atoms with E-state index in [1.807, 2.05) is 0 Å². The van der Waals surface area contributed by atoms with Crippen LogP contribution in [-0.2, 0) is 0 Å². The molecule has 0 unspecified atom stereocenters. The maximum Gasteiger partial charge on any atom is 0.261 e. The second-order valence-corrected chi connectivity index (χ2v) is 4.06. The van der Waals surface area contributed by atoms with Crippen LogP contribution < -0.4 is 5.56 Å². The van der Waals surface area contributed by atoms with E-state index in [0.717, 1.165) is 5.92 Å². The molecule has 1 aromatic rings. The predicted molar refractivity (Wildman–Crippen MR) is 64.9 cm³/mol. The molecular weight excluding hydrogens is 207 g/mol. The fourth-order valence-electron chi connectivity index (χ4n) is 0.914. The summed E-state index contributed by atoms with van der Waals surface area (Å²) in [4.78, 5) is 17.1. The third kappa shape index (κ3) is 4.87. The van der Waals surface area contributed by atoms with Gasteiger partial charge in [-0.05, 0) is 19.8 Å². The quantitative estimate of drug-likeness (QED) is 0.799. The van der Waals surface area contributed by atoms with Gasteiger partial charge in [0.05, 0.1) is 17.6 Å². The molecular formula is C12H19FN2O. The van der Waals surface area contributed by atoms with E-state index in [1.54, 1.807) is 6.92 Å². The predicted octanol–water partition coefficient (Wildman–Crippen LogP) is 3.07. The van der Waals surface area contributed by atoms with Crippen molar-refractivity contribution in [2.24, 2.45) is 5.92 Å². The van der Waals surface area contributed by atoms with E-state index < -0.39 is 11.4 Å². The van der Waals surface area contributed by atoms with Crippen LogP contribution in [0.2, 0.25) is 0 Å². The Labute approximate surface area is 95.4 Å². The molecule has 1 N–H and O–H groups in total. The van der Waals surface area contributed by atoms with Gasteiger partial charge in [0, 0.05) is 0 Å². The zero-order valence-corrected chi connectivity index (χ0v) is 10.5. The minimum atomic E-state index is -0.540. The Balaban J connectivity index is 0.000000487. The average molecular weight is 226 g/mol. The van der Waals surface area contributed by atoms with E-state index in [1.165, 1.54) is 19.3 Å². The van der Waals surface area contributed by atoms with Gasteiger partial charge in [0.1, 0.15) is 5.83 Å². The van der Waals surface area contributed by atoms with Crippen LogP contribution >= 0.6 is 0 Å². The number of aromatic nitrogens is 2. The molecule has 0 radical (unpaired) electrons. The maximum absolute atomic E-state index is 13.0. The van der Waals surface area contributed by atoms with E-state index in [4.69, 9.17) is 0 Å². The van der Waals surface area contributed by atoms with E-state index in [-0.39, 0.29) is 5.56 Å². The molecule has 0 saturated carbocycles. The Hall–Kier alpha value is -1.45. The highest BCUT2D eigenvalue weighted by atomic mass is 19.1. The summed E-state index contributed by atoms with van der Waals surface area (Å²) in [5.74, 6) is 0.293. The van der Waals surface area contributed by atoms with Gasteiger partial charge >= 0.3 is 0 Å². The molecule has 0 aliphatic rings. The van der Waals surface area contributed by atoms with Crippen LogP contribution in [0.1, 0.15) is 39.0 Å². The van der Waals surface area contributed by atoms with Crippen molar-refractivity contribution in [2.45, 2.75) is 34.6 Å². The fourth-order valence-corrected chi connectivity index (χ4v) is 0.914. The molecule has 16 heavy (non-hydrogen) atoms. The van der Waals surface area contributed by atoms with Gasteiger partial charge in [-0.3, -0.25) is 4.79 Å². The third-order valence-corrected chi connectivity index (χ3v) is 1.53. The summed E-state index contributed by atoms with van der Waals surface area (Å²) in [7, 11) is 0. The van der Waals surface area contributed by atoms with Gasteiger partial charge in [0.15, 0.2) is 0 Å². The van der Waals surface area contributed by atoms with Crippen LogP contribution in [0.4, 0.5) is 4.39 Å². The lowest BCUT2D eigenvalue weighted by Gasteiger charge is -1.98. The summed E-state index contributed by atoms with van der Waals surface area (Å²) in [6.07, 6.45) is 2.49. The van der Waals surface area contributed by atoms with Crippen molar-refractivity contribution in [1.29, 1.82) is 0 Å².